The Kier molecular flexibility index (Phi) is 3.54. The van der Waals surface area contributed by atoms with Crippen molar-refractivity contribution in [2.45, 2.75) is 13.5 Å². The fourth-order valence-corrected chi connectivity index (χ4v) is 2.45. The summed E-state index contributed by atoms with van der Waals surface area (Å²) in [4.78, 5) is 4.36. The number of hydrogen-bond acceptors (Lipinski definition) is 3. The first-order chi connectivity index (χ1) is 10.5. The van der Waals surface area contributed by atoms with Crippen LogP contribution in [0.5, 0.6) is 0 Å². The number of aliphatic hydroxyl groups excluding tert-OH is 1. The highest BCUT2D eigenvalue weighted by Crippen LogP contribution is 2.28. The van der Waals surface area contributed by atoms with E-state index in [1.807, 2.05) is 19.1 Å². The predicted molar refractivity (Wildman–Crippen MR) is 81.3 cm³/mol. The van der Waals surface area contributed by atoms with E-state index < -0.39 is 11.6 Å². The van der Waals surface area contributed by atoms with Gasteiger partial charge in [0.2, 0.25) is 0 Å². The van der Waals surface area contributed by atoms with Gasteiger partial charge in [-0.2, -0.15) is 0 Å². The molecule has 4 nitrogen and oxygen atoms in total. The van der Waals surface area contributed by atoms with E-state index in [2.05, 4.69) is 4.98 Å². The molecule has 3 rings (SSSR count). The molecule has 0 aliphatic heterocycles. The van der Waals surface area contributed by atoms with Crippen molar-refractivity contribution in [3.05, 3.63) is 47.5 Å². The Morgan fingerprint density at radius 2 is 1.91 bits per heavy atom. The van der Waals surface area contributed by atoms with Crippen LogP contribution in [0.2, 0.25) is 0 Å². The van der Waals surface area contributed by atoms with Crippen LogP contribution >= 0.6 is 0 Å². The van der Waals surface area contributed by atoms with Gasteiger partial charge in [0.05, 0.1) is 17.6 Å². The molecule has 0 bridgehead atoms. The molecule has 114 valence electrons. The quantitative estimate of drug-likeness (QED) is 0.731. The number of nitrogens with two attached hydrogens (primary N) is 1. The highest BCUT2D eigenvalue weighted by atomic mass is 19.2. The zero-order valence-electron chi connectivity index (χ0n) is 12.0. The first-order valence-electron chi connectivity index (χ1n) is 6.84. The lowest BCUT2D eigenvalue weighted by Gasteiger charge is -2.09. The molecule has 0 unspecified atom stereocenters. The van der Waals surface area contributed by atoms with Crippen LogP contribution in [0.4, 0.5) is 14.5 Å². The van der Waals surface area contributed by atoms with Crippen LogP contribution in [-0.4, -0.2) is 21.3 Å². The fraction of sp³-hybridized carbons (Fsp3) is 0.188. The maximum absolute atomic E-state index is 13.5. The Labute approximate surface area is 125 Å². The second kappa shape index (κ2) is 5.38. The molecule has 0 saturated carbocycles. The summed E-state index contributed by atoms with van der Waals surface area (Å²) in [6.07, 6.45) is 0. The normalized spacial score (nSPS) is 11.3. The monoisotopic (exact) mass is 303 g/mol. The van der Waals surface area contributed by atoms with E-state index in [-0.39, 0.29) is 13.2 Å². The SMILES string of the molecule is Cc1ccc(-c2nc3cc(F)c(F)cc3n2CCO)cc1N. The Balaban J connectivity index is 2.27. The zero-order chi connectivity index (χ0) is 15.9. The van der Waals surface area contributed by atoms with Crippen molar-refractivity contribution in [3.8, 4) is 11.4 Å². The molecular weight excluding hydrogens is 288 g/mol. The maximum atomic E-state index is 13.5. The molecule has 22 heavy (non-hydrogen) atoms. The van der Waals surface area contributed by atoms with Crippen molar-refractivity contribution >= 4 is 16.7 Å². The molecule has 1 aromatic heterocycles. The predicted octanol–water partition coefficient (Wildman–Crippen LogP) is 2.86. The third kappa shape index (κ3) is 2.31. The van der Waals surface area contributed by atoms with Gasteiger partial charge in [-0.3, -0.25) is 0 Å². The number of hydrogen-bond donors (Lipinski definition) is 2. The van der Waals surface area contributed by atoms with Crippen molar-refractivity contribution in [3.63, 3.8) is 0 Å². The molecule has 0 radical (unpaired) electrons. The number of imidazole rings is 1. The number of benzene rings is 2. The van der Waals surface area contributed by atoms with E-state index in [4.69, 9.17) is 5.73 Å². The number of aliphatic hydroxyl groups is 1. The highest BCUT2D eigenvalue weighted by Gasteiger charge is 2.16. The molecule has 2 aromatic carbocycles. The Bertz CT molecular complexity index is 858. The highest BCUT2D eigenvalue weighted by molar-refractivity contribution is 5.81. The van der Waals surface area contributed by atoms with Crippen LogP contribution in [0.1, 0.15) is 5.56 Å². The average molecular weight is 303 g/mol. The van der Waals surface area contributed by atoms with Gasteiger partial charge in [0.25, 0.3) is 0 Å². The van der Waals surface area contributed by atoms with Gasteiger partial charge in [0, 0.05) is 29.9 Å². The van der Waals surface area contributed by atoms with E-state index in [0.29, 0.717) is 22.5 Å². The molecule has 0 spiro atoms. The molecule has 0 atom stereocenters. The number of rotatable bonds is 3. The molecule has 3 N–H and O–H groups in total. The molecule has 0 amide bonds. The standard InChI is InChI=1S/C16H15F2N3O/c1-9-2-3-10(6-13(9)19)16-20-14-7-11(17)12(18)8-15(14)21(16)4-5-22/h2-3,6-8,22H,4-5,19H2,1H3. The van der Waals surface area contributed by atoms with E-state index >= 15 is 0 Å². The summed E-state index contributed by atoms with van der Waals surface area (Å²) in [6, 6.07) is 7.60. The second-order valence-corrected chi connectivity index (χ2v) is 5.14. The summed E-state index contributed by atoms with van der Waals surface area (Å²) in [7, 11) is 0. The molecule has 1 heterocycles. The number of nitrogen functional groups attached to an aromatic ring is 1. The first-order valence-corrected chi connectivity index (χ1v) is 6.84. The third-order valence-electron chi connectivity index (χ3n) is 3.65. The van der Waals surface area contributed by atoms with Crippen LogP contribution < -0.4 is 5.73 Å². The van der Waals surface area contributed by atoms with Gasteiger partial charge in [-0.1, -0.05) is 12.1 Å². The molecule has 3 aromatic rings. The van der Waals surface area contributed by atoms with Crippen LogP contribution in [0.15, 0.2) is 30.3 Å². The van der Waals surface area contributed by atoms with Crippen molar-refractivity contribution in [2.75, 3.05) is 12.3 Å². The van der Waals surface area contributed by atoms with Crippen LogP contribution in [0.25, 0.3) is 22.4 Å². The molecule has 0 aliphatic rings. The summed E-state index contributed by atoms with van der Waals surface area (Å²) in [5.74, 6) is -1.38. The number of nitrogens with zero attached hydrogens (tertiary/aromatic N) is 2. The van der Waals surface area contributed by atoms with Crippen molar-refractivity contribution < 1.29 is 13.9 Å². The smallest absolute Gasteiger partial charge is 0.161 e. The first kappa shape index (κ1) is 14.5. The van der Waals surface area contributed by atoms with Crippen LogP contribution in [-0.2, 0) is 6.54 Å². The largest absolute Gasteiger partial charge is 0.398 e. The van der Waals surface area contributed by atoms with E-state index in [1.54, 1.807) is 10.6 Å². The van der Waals surface area contributed by atoms with Crippen LogP contribution in [0.3, 0.4) is 0 Å². The zero-order valence-corrected chi connectivity index (χ0v) is 12.0. The van der Waals surface area contributed by atoms with Gasteiger partial charge in [0.15, 0.2) is 11.6 Å². The third-order valence-corrected chi connectivity index (χ3v) is 3.65. The molecule has 6 heteroatoms. The number of aromatic nitrogens is 2. The summed E-state index contributed by atoms with van der Waals surface area (Å²) in [6.45, 7) is 1.98. The Hall–Kier alpha value is -2.47. The topological polar surface area (TPSA) is 64.1 Å². The van der Waals surface area contributed by atoms with Gasteiger partial charge in [-0.25, -0.2) is 13.8 Å². The van der Waals surface area contributed by atoms with Gasteiger partial charge in [-0.05, 0) is 18.6 Å². The maximum Gasteiger partial charge on any atom is 0.161 e. The van der Waals surface area contributed by atoms with Crippen molar-refractivity contribution in [1.29, 1.82) is 0 Å². The van der Waals surface area contributed by atoms with Crippen molar-refractivity contribution in [2.24, 2.45) is 0 Å². The molecule has 0 saturated heterocycles. The van der Waals surface area contributed by atoms with E-state index in [1.165, 1.54) is 0 Å². The Morgan fingerprint density at radius 1 is 1.18 bits per heavy atom. The molecular formula is C16H15F2N3O. The average Bonchev–Trinajstić information content (AvgIpc) is 2.81. The lowest BCUT2D eigenvalue weighted by Crippen LogP contribution is -2.05. The van der Waals surface area contributed by atoms with Gasteiger partial charge in [0.1, 0.15) is 5.82 Å². The summed E-state index contributed by atoms with van der Waals surface area (Å²) >= 11 is 0. The van der Waals surface area contributed by atoms with Gasteiger partial charge < -0.3 is 15.4 Å². The van der Waals surface area contributed by atoms with Crippen LogP contribution in [0, 0.1) is 18.6 Å². The summed E-state index contributed by atoms with van der Waals surface area (Å²) in [5.41, 5.74) is 8.96. The Morgan fingerprint density at radius 3 is 2.59 bits per heavy atom. The lowest BCUT2D eigenvalue weighted by atomic mass is 10.1. The fourth-order valence-electron chi connectivity index (χ4n) is 2.45. The number of aryl methyl sites for hydroxylation is 1. The van der Waals surface area contributed by atoms with Crippen molar-refractivity contribution in [1.82, 2.24) is 9.55 Å². The minimum Gasteiger partial charge on any atom is -0.398 e. The summed E-state index contributed by atoms with van der Waals surface area (Å²) < 4.78 is 28.6. The van der Waals surface area contributed by atoms with E-state index in [0.717, 1.165) is 23.3 Å². The van der Waals surface area contributed by atoms with Gasteiger partial charge in [-0.15, -0.1) is 0 Å². The lowest BCUT2D eigenvalue weighted by molar-refractivity contribution is 0.278. The molecule has 0 fully saturated rings. The minimum atomic E-state index is -0.948. The number of fused-ring (bicyclic) bond motifs is 1. The number of anilines is 1. The number of halogens is 2. The summed E-state index contributed by atoms with van der Waals surface area (Å²) in [5, 5.41) is 9.25. The molecule has 0 aliphatic carbocycles. The van der Waals surface area contributed by atoms with E-state index in [9.17, 15) is 13.9 Å². The minimum absolute atomic E-state index is 0.140. The second-order valence-electron chi connectivity index (χ2n) is 5.14. The van der Waals surface area contributed by atoms with Gasteiger partial charge >= 0.3 is 0 Å².